The van der Waals surface area contributed by atoms with Gasteiger partial charge < -0.3 is 10.6 Å². The van der Waals surface area contributed by atoms with Crippen molar-refractivity contribution < 1.29 is 9.59 Å². The van der Waals surface area contributed by atoms with Gasteiger partial charge in [-0.3, -0.25) is 9.59 Å². The molecule has 0 bridgehead atoms. The summed E-state index contributed by atoms with van der Waals surface area (Å²) in [6.45, 7) is 7.56. The van der Waals surface area contributed by atoms with E-state index in [0.717, 1.165) is 16.6 Å². The summed E-state index contributed by atoms with van der Waals surface area (Å²) in [6, 6.07) is 6.22. The number of aryl methyl sites for hydroxylation is 1. The van der Waals surface area contributed by atoms with E-state index in [1.165, 1.54) is 29.7 Å². The molecule has 6 heteroatoms. The molecule has 2 aromatic rings. The van der Waals surface area contributed by atoms with Gasteiger partial charge in [0.2, 0.25) is 11.8 Å². The summed E-state index contributed by atoms with van der Waals surface area (Å²) in [6.07, 6.45) is 3.40. The van der Waals surface area contributed by atoms with E-state index in [2.05, 4.69) is 34.7 Å². The molecule has 1 aromatic carbocycles. The predicted molar refractivity (Wildman–Crippen MR) is 99.3 cm³/mol. The molecule has 2 N–H and O–H groups in total. The number of rotatable bonds is 6. The first kappa shape index (κ1) is 18.4. The number of anilines is 1. The van der Waals surface area contributed by atoms with Crippen LogP contribution in [0.1, 0.15) is 46.1 Å². The number of carbonyl (C=O) groups excluding carboxylic acids is 2. The second-order valence-electron chi connectivity index (χ2n) is 6.91. The molecule has 0 aliphatic rings. The Morgan fingerprint density at radius 3 is 2.67 bits per heavy atom. The Kier molecular flexibility index (Phi) is 5.94. The molecule has 0 fully saturated rings. The number of hydrogen-bond donors (Lipinski definition) is 2. The lowest BCUT2D eigenvalue weighted by atomic mass is 9.96. The number of benzene rings is 1. The maximum Gasteiger partial charge on any atom is 0.245 e. The van der Waals surface area contributed by atoms with Crippen molar-refractivity contribution >= 4 is 38.5 Å². The van der Waals surface area contributed by atoms with E-state index in [9.17, 15) is 9.59 Å². The van der Waals surface area contributed by atoms with Crippen molar-refractivity contribution in [2.24, 2.45) is 5.41 Å². The standard InChI is InChI=1S/C18H25N3O2S/c1-5-6-7-12-8-9-13-14(10-12)24-17(20-13)21-15(22)11-19-16(23)18(2,3)4/h8-10H,5-7,11H2,1-4H3,(H,19,23)(H,20,21,22). The van der Waals surface area contributed by atoms with Crippen LogP contribution in [0.3, 0.4) is 0 Å². The Balaban J connectivity index is 1.97. The molecule has 1 heterocycles. The van der Waals surface area contributed by atoms with Crippen molar-refractivity contribution in [3.05, 3.63) is 23.8 Å². The molecule has 2 rings (SSSR count). The van der Waals surface area contributed by atoms with Gasteiger partial charge in [-0.1, -0.05) is 51.5 Å². The summed E-state index contributed by atoms with van der Waals surface area (Å²) in [5, 5.41) is 5.95. The third kappa shape index (κ3) is 5.03. The molecule has 0 unspecified atom stereocenters. The zero-order chi connectivity index (χ0) is 17.7. The highest BCUT2D eigenvalue weighted by Crippen LogP contribution is 2.27. The largest absolute Gasteiger partial charge is 0.347 e. The van der Waals surface area contributed by atoms with Gasteiger partial charge in [0.1, 0.15) is 0 Å². The number of aromatic nitrogens is 1. The first-order chi connectivity index (χ1) is 11.3. The lowest BCUT2D eigenvalue weighted by Gasteiger charge is -2.17. The van der Waals surface area contributed by atoms with E-state index in [1.54, 1.807) is 0 Å². The number of unbranched alkanes of at least 4 members (excludes halogenated alkanes) is 1. The van der Waals surface area contributed by atoms with Crippen molar-refractivity contribution in [1.82, 2.24) is 10.3 Å². The number of carbonyl (C=O) groups is 2. The number of thiazole rings is 1. The third-order valence-electron chi connectivity index (χ3n) is 3.61. The molecule has 24 heavy (non-hydrogen) atoms. The highest BCUT2D eigenvalue weighted by atomic mass is 32.1. The number of nitrogens with one attached hydrogen (secondary N) is 2. The van der Waals surface area contributed by atoms with Gasteiger partial charge in [-0.05, 0) is 30.5 Å². The van der Waals surface area contributed by atoms with E-state index < -0.39 is 5.41 Å². The van der Waals surface area contributed by atoms with Crippen LogP contribution in [0.4, 0.5) is 5.13 Å². The van der Waals surface area contributed by atoms with Crippen LogP contribution in [-0.4, -0.2) is 23.3 Å². The van der Waals surface area contributed by atoms with E-state index >= 15 is 0 Å². The minimum absolute atomic E-state index is 0.0478. The van der Waals surface area contributed by atoms with Crippen LogP contribution in [-0.2, 0) is 16.0 Å². The molecule has 0 radical (unpaired) electrons. The van der Waals surface area contributed by atoms with Crippen molar-refractivity contribution in [3.63, 3.8) is 0 Å². The molecule has 0 saturated carbocycles. The Labute approximate surface area is 146 Å². The molecule has 0 saturated heterocycles. The fraction of sp³-hybridized carbons (Fsp3) is 0.500. The van der Waals surface area contributed by atoms with Crippen LogP contribution in [0.15, 0.2) is 18.2 Å². The quantitative estimate of drug-likeness (QED) is 0.836. The first-order valence-corrected chi connectivity index (χ1v) is 9.09. The van der Waals surface area contributed by atoms with Crippen LogP contribution in [0, 0.1) is 5.41 Å². The molecule has 0 aliphatic carbocycles. The minimum Gasteiger partial charge on any atom is -0.347 e. The molecule has 0 spiro atoms. The Bertz CT molecular complexity index is 731. The summed E-state index contributed by atoms with van der Waals surface area (Å²) in [4.78, 5) is 28.2. The van der Waals surface area contributed by atoms with Gasteiger partial charge in [-0.2, -0.15) is 0 Å². The second-order valence-corrected chi connectivity index (χ2v) is 7.94. The van der Waals surface area contributed by atoms with E-state index in [1.807, 2.05) is 26.8 Å². The molecular weight excluding hydrogens is 322 g/mol. The van der Waals surface area contributed by atoms with Gasteiger partial charge in [0.25, 0.3) is 0 Å². The maximum atomic E-state index is 12.0. The predicted octanol–water partition coefficient (Wildman–Crippen LogP) is 3.74. The average Bonchev–Trinajstić information content (AvgIpc) is 2.90. The minimum atomic E-state index is -0.509. The summed E-state index contributed by atoms with van der Waals surface area (Å²) in [5.74, 6) is -0.416. The van der Waals surface area contributed by atoms with Gasteiger partial charge in [-0.25, -0.2) is 4.98 Å². The first-order valence-electron chi connectivity index (χ1n) is 8.27. The molecular formula is C18H25N3O2S. The van der Waals surface area contributed by atoms with E-state index in [0.29, 0.717) is 5.13 Å². The monoisotopic (exact) mass is 347 g/mol. The fourth-order valence-corrected chi connectivity index (χ4v) is 3.09. The van der Waals surface area contributed by atoms with Crippen LogP contribution >= 0.6 is 11.3 Å². The molecule has 0 aliphatic heterocycles. The number of fused-ring (bicyclic) bond motifs is 1. The Morgan fingerprint density at radius 2 is 2.00 bits per heavy atom. The van der Waals surface area contributed by atoms with Crippen LogP contribution in [0.25, 0.3) is 10.2 Å². The molecule has 0 atom stereocenters. The second kappa shape index (κ2) is 7.75. The zero-order valence-corrected chi connectivity index (χ0v) is 15.5. The Morgan fingerprint density at radius 1 is 1.25 bits per heavy atom. The molecule has 5 nitrogen and oxygen atoms in total. The van der Waals surface area contributed by atoms with Crippen molar-refractivity contribution in [2.45, 2.75) is 47.0 Å². The van der Waals surface area contributed by atoms with Gasteiger partial charge >= 0.3 is 0 Å². The van der Waals surface area contributed by atoms with Gasteiger partial charge in [0.15, 0.2) is 5.13 Å². The fourth-order valence-electron chi connectivity index (χ4n) is 2.15. The van der Waals surface area contributed by atoms with Gasteiger partial charge in [-0.15, -0.1) is 0 Å². The molecule has 2 amide bonds. The van der Waals surface area contributed by atoms with Crippen molar-refractivity contribution in [2.75, 3.05) is 11.9 Å². The summed E-state index contributed by atoms with van der Waals surface area (Å²) >= 11 is 1.46. The van der Waals surface area contributed by atoms with Crippen LogP contribution < -0.4 is 10.6 Å². The SMILES string of the molecule is CCCCc1ccc2nc(NC(=O)CNC(=O)C(C)(C)C)sc2c1. The molecule has 1 aromatic heterocycles. The zero-order valence-electron chi connectivity index (χ0n) is 14.7. The normalized spacial score (nSPS) is 11.5. The van der Waals surface area contributed by atoms with E-state index in [4.69, 9.17) is 0 Å². The highest BCUT2D eigenvalue weighted by molar-refractivity contribution is 7.22. The van der Waals surface area contributed by atoms with Crippen molar-refractivity contribution in [3.8, 4) is 0 Å². The average molecular weight is 347 g/mol. The summed E-state index contributed by atoms with van der Waals surface area (Å²) in [7, 11) is 0. The summed E-state index contributed by atoms with van der Waals surface area (Å²) < 4.78 is 1.07. The smallest absolute Gasteiger partial charge is 0.245 e. The topological polar surface area (TPSA) is 71.1 Å². The van der Waals surface area contributed by atoms with Crippen molar-refractivity contribution in [1.29, 1.82) is 0 Å². The molecule has 130 valence electrons. The third-order valence-corrected chi connectivity index (χ3v) is 4.54. The van der Waals surface area contributed by atoms with E-state index in [-0.39, 0.29) is 18.4 Å². The lowest BCUT2D eigenvalue weighted by molar-refractivity contribution is -0.130. The maximum absolute atomic E-state index is 12.0. The lowest BCUT2D eigenvalue weighted by Crippen LogP contribution is -2.39. The summed E-state index contributed by atoms with van der Waals surface area (Å²) in [5.41, 5.74) is 1.67. The van der Waals surface area contributed by atoms with Gasteiger partial charge in [0.05, 0.1) is 16.8 Å². The van der Waals surface area contributed by atoms with Crippen LogP contribution in [0.5, 0.6) is 0 Å². The number of hydrogen-bond acceptors (Lipinski definition) is 4. The van der Waals surface area contributed by atoms with Gasteiger partial charge in [0, 0.05) is 5.41 Å². The highest BCUT2D eigenvalue weighted by Gasteiger charge is 2.21. The number of nitrogens with zero attached hydrogens (tertiary/aromatic N) is 1. The Hall–Kier alpha value is -1.95. The number of amides is 2. The van der Waals surface area contributed by atoms with Crippen LogP contribution in [0.2, 0.25) is 0 Å².